The van der Waals surface area contributed by atoms with Crippen LogP contribution in [-0.2, 0) is 4.74 Å². The van der Waals surface area contributed by atoms with Crippen molar-refractivity contribution >= 4 is 23.3 Å². The van der Waals surface area contributed by atoms with E-state index in [1.54, 1.807) is 35.2 Å². The predicted molar refractivity (Wildman–Crippen MR) is 110 cm³/mol. The Morgan fingerprint density at radius 3 is 2.60 bits per heavy atom. The van der Waals surface area contributed by atoms with Gasteiger partial charge in [0.05, 0.1) is 18.2 Å². The van der Waals surface area contributed by atoms with Gasteiger partial charge in [-0.05, 0) is 54.1 Å². The van der Waals surface area contributed by atoms with Gasteiger partial charge < -0.3 is 19.5 Å². The quantitative estimate of drug-likeness (QED) is 0.668. The zero-order chi connectivity index (χ0) is 20.7. The van der Waals surface area contributed by atoms with Crippen molar-refractivity contribution in [1.29, 1.82) is 0 Å². The van der Waals surface area contributed by atoms with E-state index in [1.807, 2.05) is 36.4 Å². The molecule has 1 atom stereocenters. The molecule has 7 nitrogen and oxygen atoms in total. The van der Waals surface area contributed by atoms with E-state index < -0.39 is 12.1 Å². The third-order valence-corrected chi connectivity index (χ3v) is 5.21. The smallest absolute Gasteiger partial charge is 0.337 e. The van der Waals surface area contributed by atoms with Crippen LogP contribution in [0.15, 0.2) is 66.7 Å². The van der Waals surface area contributed by atoms with E-state index in [4.69, 9.17) is 14.2 Å². The maximum absolute atomic E-state index is 13.4. The molecule has 2 heterocycles. The largest absolute Gasteiger partial charge is 0.465 e. The van der Waals surface area contributed by atoms with Crippen LogP contribution >= 0.6 is 0 Å². The average Bonchev–Trinajstić information content (AvgIpc) is 3.26. The lowest BCUT2D eigenvalue weighted by molar-refractivity contribution is 0.0600. The zero-order valence-electron chi connectivity index (χ0n) is 16.1. The van der Waals surface area contributed by atoms with Gasteiger partial charge in [0.15, 0.2) is 11.5 Å². The maximum atomic E-state index is 13.4. The van der Waals surface area contributed by atoms with Gasteiger partial charge in [0, 0.05) is 11.4 Å². The Bertz CT molecular complexity index is 1140. The molecule has 0 radical (unpaired) electrons. The van der Waals surface area contributed by atoms with Crippen LogP contribution in [0, 0.1) is 0 Å². The fourth-order valence-corrected chi connectivity index (χ4v) is 3.71. The van der Waals surface area contributed by atoms with E-state index in [-0.39, 0.29) is 12.7 Å². The van der Waals surface area contributed by atoms with Crippen LogP contribution in [0.5, 0.6) is 11.5 Å². The Morgan fingerprint density at radius 1 is 1.03 bits per heavy atom. The summed E-state index contributed by atoms with van der Waals surface area (Å²) in [6.45, 7) is 0.178. The minimum Gasteiger partial charge on any atom is -0.465 e. The van der Waals surface area contributed by atoms with Gasteiger partial charge in [-0.3, -0.25) is 9.69 Å². The molecule has 0 fully saturated rings. The molecule has 30 heavy (non-hydrogen) atoms. The van der Waals surface area contributed by atoms with Gasteiger partial charge in [0.1, 0.15) is 6.17 Å². The predicted octanol–water partition coefficient (Wildman–Crippen LogP) is 3.97. The Balaban J connectivity index is 1.59. The van der Waals surface area contributed by atoms with E-state index in [0.717, 1.165) is 11.3 Å². The molecule has 1 amide bonds. The second-order valence-electron chi connectivity index (χ2n) is 6.92. The first kappa shape index (κ1) is 18.1. The van der Waals surface area contributed by atoms with Crippen LogP contribution in [0.25, 0.3) is 0 Å². The topological polar surface area (TPSA) is 77.1 Å². The van der Waals surface area contributed by atoms with Gasteiger partial charge in [0.25, 0.3) is 5.91 Å². The number of benzene rings is 3. The highest BCUT2D eigenvalue weighted by atomic mass is 16.7. The number of carbonyl (C=O) groups excluding carboxylic acids is 2. The second-order valence-corrected chi connectivity index (χ2v) is 6.92. The highest BCUT2D eigenvalue weighted by molar-refractivity contribution is 6.12. The molecule has 2 aliphatic rings. The monoisotopic (exact) mass is 402 g/mol. The van der Waals surface area contributed by atoms with E-state index in [9.17, 15) is 9.59 Å². The zero-order valence-corrected chi connectivity index (χ0v) is 16.1. The van der Waals surface area contributed by atoms with Gasteiger partial charge in [-0.2, -0.15) is 0 Å². The average molecular weight is 402 g/mol. The van der Waals surface area contributed by atoms with Gasteiger partial charge >= 0.3 is 5.97 Å². The summed E-state index contributed by atoms with van der Waals surface area (Å²) < 4.78 is 15.7. The van der Waals surface area contributed by atoms with Gasteiger partial charge in [0.2, 0.25) is 6.79 Å². The first-order chi connectivity index (χ1) is 14.7. The molecule has 150 valence electrons. The molecule has 1 N–H and O–H groups in total. The number of hydrogen-bond acceptors (Lipinski definition) is 6. The van der Waals surface area contributed by atoms with Crippen LogP contribution in [0.3, 0.4) is 0 Å². The molecule has 0 aliphatic carbocycles. The molecule has 3 aromatic carbocycles. The summed E-state index contributed by atoms with van der Waals surface area (Å²) >= 11 is 0. The van der Waals surface area contributed by atoms with Crippen LogP contribution in [0.2, 0.25) is 0 Å². The lowest BCUT2D eigenvalue weighted by Gasteiger charge is -2.38. The number of nitrogens with zero attached hydrogens (tertiary/aromatic N) is 1. The number of nitrogens with one attached hydrogen (secondary N) is 1. The number of rotatable bonds is 3. The van der Waals surface area contributed by atoms with Crippen LogP contribution in [0.1, 0.15) is 32.4 Å². The van der Waals surface area contributed by atoms with Crippen molar-refractivity contribution in [3.05, 3.63) is 83.4 Å². The Labute approximate surface area is 172 Å². The molecule has 0 spiro atoms. The van der Waals surface area contributed by atoms with E-state index in [2.05, 4.69) is 5.32 Å². The lowest BCUT2D eigenvalue weighted by Crippen LogP contribution is -2.43. The number of ether oxygens (including phenoxy) is 3. The number of hydrogen-bond donors (Lipinski definition) is 1. The van der Waals surface area contributed by atoms with Crippen molar-refractivity contribution in [1.82, 2.24) is 0 Å². The van der Waals surface area contributed by atoms with Crippen LogP contribution in [-0.4, -0.2) is 25.8 Å². The number of para-hydroxylation sites is 1. The van der Waals surface area contributed by atoms with Crippen LogP contribution < -0.4 is 19.7 Å². The first-order valence-corrected chi connectivity index (χ1v) is 9.43. The normalized spacial score (nSPS) is 16.6. The molecule has 0 saturated heterocycles. The molecule has 7 heteroatoms. The third-order valence-electron chi connectivity index (χ3n) is 5.21. The Hall–Kier alpha value is -4.00. The van der Waals surface area contributed by atoms with Gasteiger partial charge in [-0.25, -0.2) is 4.79 Å². The number of esters is 1. The minimum absolute atomic E-state index is 0.141. The van der Waals surface area contributed by atoms with Crippen molar-refractivity contribution < 1.29 is 23.8 Å². The van der Waals surface area contributed by atoms with Crippen molar-refractivity contribution in [3.63, 3.8) is 0 Å². The van der Waals surface area contributed by atoms with Crippen LogP contribution in [0.4, 0.5) is 11.4 Å². The molecule has 0 aromatic heterocycles. The lowest BCUT2D eigenvalue weighted by atomic mass is 10.0. The summed E-state index contributed by atoms with van der Waals surface area (Å²) in [5.41, 5.74) is 3.24. The molecule has 1 unspecified atom stereocenters. The summed E-state index contributed by atoms with van der Waals surface area (Å²) in [5.74, 6) is 0.747. The summed E-state index contributed by atoms with van der Waals surface area (Å²) in [4.78, 5) is 26.9. The van der Waals surface area contributed by atoms with Crippen molar-refractivity contribution in [2.75, 3.05) is 24.1 Å². The Morgan fingerprint density at radius 2 is 1.80 bits per heavy atom. The molecule has 0 saturated carbocycles. The van der Waals surface area contributed by atoms with Crippen molar-refractivity contribution in [3.8, 4) is 11.5 Å². The van der Waals surface area contributed by atoms with Crippen molar-refractivity contribution in [2.45, 2.75) is 6.17 Å². The number of methoxy groups -OCH3 is 1. The second kappa shape index (κ2) is 7.11. The van der Waals surface area contributed by atoms with E-state index in [1.165, 1.54) is 7.11 Å². The summed E-state index contributed by atoms with van der Waals surface area (Å²) in [5, 5.41) is 3.45. The fourth-order valence-electron chi connectivity index (χ4n) is 3.71. The SMILES string of the molecule is COC(=O)c1ccc(N2C(=O)c3ccccc3NC2c2ccc3c(c2)OCO3)cc1. The number of anilines is 2. The first-order valence-electron chi connectivity index (χ1n) is 9.43. The molecule has 0 bridgehead atoms. The summed E-state index contributed by atoms with van der Waals surface area (Å²) in [6, 6.07) is 19.8. The number of carbonyl (C=O) groups is 2. The standard InChI is InChI=1S/C23H18N2O5/c1-28-23(27)14-6-9-16(10-7-14)25-21(15-8-11-19-20(12-15)30-13-29-19)24-18-5-3-2-4-17(18)22(25)26/h2-12,21,24H,13H2,1H3. The number of fused-ring (bicyclic) bond motifs is 2. The molecule has 3 aromatic rings. The highest BCUT2D eigenvalue weighted by Gasteiger charge is 2.34. The molecule has 5 rings (SSSR count). The third kappa shape index (κ3) is 2.91. The van der Waals surface area contributed by atoms with Crippen molar-refractivity contribution in [2.24, 2.45) is 0 Å². The molecular formula is C23H18N2O5. The number of amides is 1. The molecular weight excluding hydrogens is 384 g/mol. The van der Waals surface area contributed by atoms with E-state index in [0.29, 0.717) is 28.3 Å². The maximum Gasteiger partial charge on any atom is 0.337 e. The highest BCUT2D eigenvalue weighted by Crippen LogP contribution is 2.40. The Kier molecular flexibility index (Phi) is 4.28. The van der Waals surface area contributed by atoms with Gasteiger partial charge in [-0.1, -0.05) is 18.2 Å². The fraction of sp³-hybridized carbons (Fsp3) is 0.130. The minimum atomic E-state index is -0.467. The summed E-state index contributed by atoms with van der Waals surface area (Å²) in [6.07, 6.45) is -0.467. The molecule has 2 aliphatic heterocycles. The summed E-state index contributed by atoms with van der Waals surface area (Å²) in [7, 11) is 1.33. The van der Waals surface area contributed by atoms with Gasteiger partial charge in [-0.15, -0.1) is 0 Å². The van der Waals surface area contributed by atoms with E-state index >= 15 is 0 Å².